The highest BCUT2D eigenvalue weighted by Gasteiger charge is 2.65. The van der Waals surface area contributed by atoms with Crippen LogP contribution in [-0.2, 0) is 22.7 Å². The van der Waals surface area contributed by atoms with Gasteiger partial charge >= 0.3 is 0 Å². The molecule has 0 saturated heterocycles. The third-order valence-corrected chi connectivity index (χ3v) is 5.89. The highest BCUT2D eigenvalue weighted by molar-refractivity contribution is 6.02. The van der Waals surface area contributed by atoms with E-state index in [0.29, 0.717) is 17.9 Å². The summed E-state index contributed by atoms with van der Waals surface area (Å²) in [5.41, 5.74) is 2.36. The molecule has 0 fully saturated rings. The molecule has 6 heteroatoms. The van der Waals surface area contributed by atoms with Gasteiger partial charge in [-0.2, -0.15) is 0 Å². The lowest BCUT2D eigenvalue weighted by atomic mass is 9.77. The van der Waals surface area contributed by atoms with E-state index < -0.39 is 17.7 Å². The van der Waals surface area contributed by atoms with E-state index in [-0.39, 0.29) is 29.1 Å². The van der Waals surface area contributed by atoms with Crippen molar-refractivity contribution < 1.29 is 29.2 Å². The van der Waals surface area contributed by atoms with Crippen molar-refractivity contribution in [1.29, 1.82) is 0 Å². The molecule has 2 spiro atoms. The van der Waals surface area contributed by atoms with Crippen LogP contribution in [0.4, 0.5) is 0 Å². The number of hydrogen-bond donors (Lipinski definition) is 2. The molecule has 132 valence electrons. The van der Waals surface area contributed by atoms with Crippen molar-refractivity contribution in [2.45, 2.75) is 43.4 Å². The van der Waals surface area contributed by atoms with E-state index in [2.05, 4.69) is 0 Å². The number of phenols is 1. The highest BCUT2D eigenvalue weighted by Crippen LogP contribution is 2.61. The summed E-state index contributed by atoms with van der Waals surface area (Å²) in [6.45, 7) is 0. The summed E-state index contributed by atoms with van der Waals surface area (Å²) >= 11 is 0. The highest BCUT2D eigenvalue weighted by atomic mass is 16.8. The van der Waals surface area contributed by atoms with Gasteiger partial charge in [-0.15, -0.1) is 0 Å². The molecule has 0 aromatic heterocycles. The maximum absolute atomic E-state index is 12.5. The second-order valence-corrected chi connectivity index (χ2v) is 7.35. The van der Waals surface area contributed by atoms with Crippen LogP contribution >= 0.6 is 0 Å². The maximum Gasteiger partial charge on any atom is 0.271 e. The molecule has 2 aliphatic heterocycles. The number of aliphatic hydroxyl groups excluding tert-OH is 1. The maximum atomic E-state index is 12.5. The van der Waals surface area contributed by atoms with Crippen molar-refractivity contribution in [3.8, 4) is 17.2 Å². The molecule has 0 unspecified atom stereocenters. The summed E-state index contributed by atoms with van der Waals surface area (Å²) in [7, 11) is 0. The van der Waals surface area contributed by atoms with Crippen LogP contribution in [0.5, 0.6) is 17.2 Å². The Hall–Kier alpha value is -2.57. The van der Waals surface area contributed by atoms with Crippen LogP contribution in [0.2, 0.25) is 0 Å². The monoisotopic (exact) mass is 352 g/mol. The SMILES string of the molecule is O=C1C[C@@H](O)[C@]23Oc4cccc5c4[C@](CCC5)(Oc4ccc(O)c1c42)O3. The zero-order chi connectivity index (χ0) is 17.7. The fourth-order valence-electron chi connectivity index (χ4n) is 4.87. The Morgan fingerprint density at radius 3 is 2.81 bits per heavy atom. The molecule has 2 bridgehead atoms. The first-order valence-corrected chi connectivity index (χ1v) is 8.82. The number of phenolic OH excluding ortho intramolecular Hbond substituents is 1. The number of rotatable bonds is 0. The van der Waals surface area contributed by atoms with Gasteiger partial charge in [-0.05, 0) is 36.6 Å². The number of aliphatic hydroxyl groups is 1. The molecular weight excluding hydrogens is 336 g/mol. The van der Waals surface area contributed by atoms with Crippen molar-refractivity contribution in [1.82, 2.24) is 0 Å². The Kier molecular flexibility index (Phi) is 2.46. The third kappa shape index (κ3) is 1.49. The number of aryl methyl sites for hydroxylation is 1. The number of benzene rings is 2. The van der Waals surface area contributed by atoms with Crippen molar-refractivity contribution in [2.75, 3.05) is 0 Å². The topological polar surface area (TPSA) is 85.2 Å². The molecule has 3 atom stereocenters. The fourth-order valence-corrected chi connectivity index (χ4v) is 4.87. The van der Waals surface area contributed by atoms with Gasteiger partial charge < -0.3 is 19.7 Å². The number of carbonyl (C=O) groups excluding carboxylic acids is 1. The minimum absolute atomic E-state index is 0.109. The molecule has 4 aliphatic rings. The summed E-state index contributed by atoms with van der Waals surface area (Å²) in [6.07, 6.45) is 1.03. The summed E-state index contributed by atoms with van der Waals surface area (Å²) < 4.78 is 18.9. The predicted molar refractivity (Wildman–Crippen MR) is 88.1 cm³/mol. The fraction of sp³-hybridized carbons (Fsp3) is 0.350. The van der Waals surface area contributed by atoms with Crippen LogP contribution in [-0.4, -0.2) is 22.1 Å². The number of Topliss-reactive ketones (excluding diaryl/α,β-unsaturated/α-hetero) is 1. The minimum Gasteiger partial charge on any atom is -0.507 e. The first kappa shape index (κ1) is 14.6. The molecule has 2 N–H and O–H groups in total. The molecule has 6 nitrogen and oxygen atoms in total. The van der Waals surface area contributed by atoms with Crippen LogP contribution < -0.4 is 9.47 Å². The Labute approximate surface area is 148 Å². The summed E-state index contributed by atoms with van der Waals surface area (Å²) in [4.78, 5) is 12.5. The van der Waals surface area contributed by atoms with Crippen LogP contribution in [0.1, 0.15) is 46.3 Å². The molecule has 26 heavy (non-hydrogen) atoms. The van der Waals surface area contributed by atoms with Crippen LogP contribution in [0.15, 0.2) is 30.3 Å². The third-order valence-electron chi connectivity index (χ3n) is 5.89. The van der Waals surface area contributed by atoms with Gasteiger partial charge in [0, 0.05) is 12.8 Å². The number of hydrogen-bond acceptors (Lipinski definition) is 6. The van der Waals surface area contributed by atoms with Crippen molar-refractivity contribution in [3.63, 3.8) is 0 Å². The van der Waals surface area contributed by atoms with E-state index in [9.17, 15) is 15.0 Å². The summed E-state index contributed by atoms with van der Waals surface area (Å²) in [5, 5.41) is 21.1. The number of ether oxygens (including phenoxy) is 3. The molecular formula is C20H16O6. The normalized spacial score (nSPS) is 32.8. The van der Waals surface area contributed by atoms with Gasteiger partial charge in [0.2, 0.25) is 5.79 Å². The van der Waals surface area contributed by atoms with Crippen molar-refractivity contribution >= 4 is 5.78 Å². The summed E-state index contributed by atoms with van der Waals surface area (Å²) in [6, 6.07) is 8.85. The van der Waals surface area contributed by atoms with E-state index in [4.69, 9.17) is 14.2 Å². The Bertz CT molecular complexity index is 998. The Morgan fingerprint density at radius 2 is 1.92 bits per heavy atom. The molecule has 2 aliphatic carbocycles. The molecule has 6 rings (SSSR count). The second kappa shape index (κ2) is 4.39. The van der Waals surface area contributed by atoms with Gasteiger partial charge in [0.05, 0.1) is 16.7 Å². The first-order chi connectivity index (χ1) is 12.5. The van der Waals surface area contributed by atoms with Gasteiger partial charge in [0.15, 0.2) is 5.78 Å². The van der Waals surface area contributed by atoms with E-state index in [1.54, 1.807) is 6.07 Å². The van der Waals surface area contributed by atoms with Gasteiger partial charge in [0.25, 0.3) is 5.79 Å². The number of carbonyl (C=O) groups is 1. The largest absolute Gasteiger partial charge is 0.507 e. The molecule has 0 saturated carbocycles. The molecule has 2 heterocycles. The van der Waals surface area contributed by atoms with Crippen molar-refractivity contribution in [3.05, 3.63) is 52.6 Å². The lowest BCUT2D eigenvalue weighted by molar-refractivity contribution is -0.387. The molecule has 2 aromatic carbocycles. The van der Waals surface area contributed by atoms with Crippen LogP contribution in [0.25, 0.3) is 0 Å². The van der Waals surface area contributed by atoms with Crippen LogP contribution in [0, 0.1) is 0 Å². The average molecular weight is 352 g/mol. The van der Waals surface area contributed by atoms with Gasteiger partial charge in [0.1, 0.15) is 23.4 Å². The number of ketones is 1. The molecule has 0 radical (unpaired) electrons. The van der Waals surface area contributed by atoms with Crippen LogP contribution in [0.3, 0.4) is 0 Å². The summed E-state index contributed by atoms with van der Waals surface area (Å²) in [5.74, 6) is -2.11. The zero-order valence-corrected chi connectivity index (χ0v) is 13.8. The van der Waals surface area contributed by atoms with Gasteiger partial charge in [-0.25, -0.2) is 0 Å². The van der Waals surface area contributed by atoms with Crippen molar-refractivity contribution in [2.24, 2.45) is 0 Å². The predicted octanol–water partition coefficient (Wildman–Crippen LogP) is 2.48. The average Bonchev–Trinajstić information content (AvgIpc) is 2.61. The van der Waals surface area contributed by atoms with E-state index >= 15 is 0 Å². The molecule has 2 aromatic rings. The first-order valence-electron chi connectivity index (χ1n) is 8.82. The van der Waals surface area contributed by atoms with Gasteiger partial charge in [-0.1, -0.05) is 12.1 Å². The van der Waals surface area contributed by atoms with Gasteiger partial charge in [-0.3, -0.25) is 9.53 Å². The van der Waals surface area contributed by atoms with E-state index in [1.807, 2.05) is 18.2 Å². The lowest BCUT2D eigenvalue weighted by Gasteiger charge is -2.56. The Morgan fingerprint density at radius 1 is 1.08 bits per heavy atom. The van der Waals surface area contributed by atoms with E-state index in [0.717, 1.165) is 24.0 Å². The lowest BCUT2D eigenvalue weighted by Crippen LogP contribution is -2.63. The standard InChI is InChI=1S/C20H16O6/c21-11-6-7-14-18-16(11)12(22)9-15(23)20(18)25-13-5-1-3-10-4-2-8-19(24-14,26-20)17(10)13/h1,3,5-7,15,21,23H,2,4,8-9H2/t15-,19-,20-/m1/s1. The Balaban J connectivity index is 1.72. The van der Waals surface area contributed by atoms with E-state index in [1.165, 1.54) is 6.07 Å². The zero-order valence-electron chi connectivity index (χ0n) is 13.8. The quantitative estimate of drug-likeness (QED) is 0.758. The number of aromatic hydroxyl groups is 1. The smallest absolute Gasteiger partial charge is 0.271 e. The molecule has 0 amide bonds. The minimum atomic E-state index is -1.56. The second-order valence-electron chi connectivity index (χ2n) is 7.35.